The third-order valence-electron chi connectivity index (χ3n) is 4.75. The number of anilines is 1. The number of aryl methyl sites for hydroxylation is 1. The van der Waals surface area contributed by atoms with E-state index in [0.29, 0.717) is 34.2 Å². The molecule has 1 aromatic heterocycles. The van der Waals surface area contributed by atoms with Crippen LogP contribution in [0.15, 0.2) is 48.5 Å². The number of amides is 1. The van der Waals surface area contributed by atoms with Crippen molar-refractivity contribution in [3.63, 3.8) is 0 Å². The maximum atomic E-state index is 13.2. The van der Waals surface area contributed by atoms with Crippen LogP contribution in [-0.4, -0.2) is 38.0 Å². The van der Waals surface area contributed by atoms with E-state index in [1.165, 1.54) is 28.3 Å². The van der Waals surface area contributed by atoms with Crippen molar-refractivity contribution in [3.8, 4) is 28.5 Å². The summed E-state index contributed by atoms with van der Waals surface area (Å²) in [5.74, 6) is 0.753. The highest BCUT2D eigenvalue weighted by molar-refractivity contribution is 6.08. The third-order valence-corrected chi connectivity index (χ3v) is 4.75. The number of pyridine rings is 1. The number of rotatable bonds is 7. The van der Waals surface area contributed by atoms with Gasteiger partial charge in [0.05, 0.1) is 27.0 Å². The molecule has 0 saturated carbocycles. The maximum absolute atomic E-state index is 13.2. The summed E-state index contributed by atoms with van der Waals surface area (Å²) in [5.41, 5.74) is 3.67. The molecular formula is C24H24N2O5. The van der Waals surface area contributed by atoms with Gasteiger partial charge in [-0.1, -0.05) is 18.2 Å². The van der Waals surface area contributed by atoms with Crippen LogP contribution in [0.4, 0.5) is 5.69 Å². The van der Waals surface area contributed by atoms with E-state index in [2.05, 4.69) is 10.3 Å². The number of ketones is 1. The van der Waals surface area contributed by atoms with Crippen molar-refractivity contribution in [1.82, 2.24) is 4.98 Å². The normalized spacial score (nSPS) is 10.4. The van der Waals surface area contributed by atoms with Crippen LogP contribution < -0.4 is 19.5 Å². The van der Waals surface area contributed by atoms with Gasteiger partial charge in [-0.25, -0.2) is 4.98 Å². The number of nitrogens with zero attached hydrogens (tertiary/aromatic N) is 1. The van der Waals surface area contributed by atoms with E-state index in [0.717, 1.165) is 11.1 Å². The van der Waals surface area contributed by atoms with Gasteiger partial charge in [0.25, 0.3) is 0 Å². The van der Waals surface area contributed by atoms with E-state index < -0.39 is 0 Å². The molecule has 7 nitrogen and oxygen atoms in total. The second kappa shape index (κ2) is 9.30. The molecule has 7 heteroatoms. The van der Waals surface area contributed by atoms with Crippen LogP contribution in [0.25, 0.3) is 11.3 Å². The topological polar surface area (TPSA) is 86.8 Å². The molecule has 0 aliphatic carbocycles. The molecule has 0 aliphatic rings. The van der Waals surface area contributed by atoms with Gasteiger partial charge in [-0.2, -0.15) is 0 Å². The van der Waals surface area contributed by atoms with Crippen molar-refractivity contribution in [3.05, 3.63) is 65.4 Å². The fraction of sp³-hybridized carbons (Fsp3) is 0.208. The van der Waals surface area contributed by atoms with Crippen LogP contribution in [-0.2, 0) is 4.79 Å². The van der Waals surface area contributed by atoms with Crippen molar-refractivity contribution < 1.29 is 23.8 Å². The Morgan fingerprint density at radius 3 is 2.16 bits per heavy atom. The molecule has 0 spiro atoms. The van der Waals surface area contributed by atoms with Gasteiger partial charge >= 0.3 is 0 Å². The number of aromatic nitrogens is 1. The number of carbonyl (C=O) groups excluding carboxylic acids is 2. The van der Waals surface area contributed by atoms with Gasteiger partial charge in [-0.3, -0.25) is 9.59 Å². The SMILES string of the molecule is COc1cc(C(=O)c2cccc(-c3ccc(C)c(NC(C)=O)c3)n2)cc(OC)c1OC. The zero-order valence-corrected chi connectivity index (χ0v) is 18.1. The smallest absolute Gasteiger partial charge is 0.221 e. The van der Waals surface area contributed by atoms with Gasteiger partial charge in [0, 0.05) is 23.7 Å². The van der Waals surface area contributed by atoms with Crippen LogP contribution in [0.2, 0.25) is 0 Å². The second-order valence-corrected chi connectivity index (χ2v) is 6.86. The molecule has 31 heavy (non-hydrogen) atoms. The molecule has 0 unspecified atom stereocenters. The summed E-state index contributed by atoms with van der Waals surface area (Å²) >= 11 is 0. The largest absolute Gasteiger partial charge is 0.493 e. The monoisotopic (exact) mass is 420 g/mol. The minimum atomic E-state index is -0.282. The minimum Gasteiger partial charge on any atom is -0.493 e. The first kappa shape index (κ1) is 21.8. The molecule has 160 valence electrons. The molecule has 1 amide bonds. The maximum Gasteiger partial charge on any atom is 0.221 e. The lowest BCUT2D eigenvalue weighted by molar-refractivity contribution is -0.114. The lowest BCUT2D eigenvalue weighted by atomic mass is 10.0. The van der Waals surface area contributed by atoms with Gasteiger partial charge < -0.3 is 19.5 Å². The molecule has 0 bridgehead atoms. The molecule has 0 atom stereocenters. The molecule has 1 N–H and O–H groups in total. The van der Waals surface area contributed by atoms with Crippen molar-refractivity contribution in [1.29, 1.82) is 0 Å². The number of hydrogen-bond donors (Lipinski definition) is 1. The summed E-state index contributed by atoms with van der Waals surface area (Å²) in [6, 6.07) is 14.1. The fourth-order valence-electron chi connectivity index (χ4n) is 3.19. The number of hydrogen-bond acceptors (Lipinski definition) is 6. The predicted octanol–water partition coefficient (Wildman–Crippen LogP) is 4.27. The molecule has 2 aromatic carbocycles. The Kier molecular flexibility index (Phi) is 6.55. The van der Waals surface area contributed by atoms with Crippen molar-refractivity contribution >= 4 is 17.4 Å². The highest BCUT2D eigenvalue weighted by atomic mass is 16.5. The van der Waals surface area contributed by atoms with Gasteiger partial charge in [0.1, 0.15) is 5.69 Å². The Labute approximate surface area is 181 Å². The van der Waals surface area contributed by atoms with Gasteiger partial charge in [0.2, 0.25) is 17.4 Å². The zero-order chi connectivity index (χ0) is 22.5. The van der Waals surface area contributed by atoms with E-state index in [1.54, 1.807) is 24.3 Å². The van der Waals surface area contributed by atoms with Gasteiger partial charge in [-0.15, -0.1) is 0 Å². The van der Waals surface area contributed by atoms with Crippen molar-refractivity contribution in [2.75, 3.05) is 26.6 Å². The Hall–Kier alpha value is -3.87. The predicted molar refractivity (Wildman–Crippen MR) is 118 cm³/mol. The Morgan fingerprint density at radius 2 is 1.58 bits per heavy atom. The molecule has 3 rings (SSSR count). The molecule has 0 aliphatic heterocycles. The van der Waals surface area contributed by atoms with Crippen LogP contribution in [0.1, 0.15) is 28.5 Å². The Balaban J connectivity index is 2.01. The Bertz CT molecular complexity index is 1120. The van der Waals surface area contributed by atoms with Crippen LogP contribution in [0.3, 0.4) is 0 Å². The van der Waals surface area contributed by atoms with Crippen LogP contribution in [0, 0.1) is 6.92 Å². The summed E-state index contributed by atoms with van der Waals surface area (Å²) < 4.78 is 16.0. The number of carbonyl (C=O) groups is 2. The number of ether oxygens (including phenoxy) is 3. The molecule has 3 aromatic rings. The summed E-state index contributed by atoms with van der Waals surface area (Å²) in [7, 11) is 4.49. The second-order valence-electron chi connectivity index (χ2n) is 6.86. The van der Waals surface area contributed by atoms with Crippen LogP contribution in [0.5, 0.6) is 17.2 Å². The minimum absolute atomic E-state index is 0.153. The summed E-state index contributed by atoms with van der Waals surface area (Å²) in [6.45, 7) is 3.37. The van der Waals surface area contributed by atoms with Crippen molar-refractivity contribution in [2.45, 2.75) is 13.8 Å². The van der Waals surface area contributed by atoms with Crippen LogP contribution >= 0.6 is 0 Å². The van der Waals surface area contributed by atoms with E-state index >= 15 is 0 Å². The summed E-state index contributed by atoms with van der Waals surface area (Å²) in [4.78, 5) is 29.2. The quantitative estimate of drug-likeness (QED) is 0.575. The first-order valence-electron chi connectivity index (χ1n) is 9.58. The highest BCUT2D eigenvalue weighted by Gasteiger charge is 2.19. The summed E-state index contributed by atoms with van der Waals surface area (Å²) in [5, 5.41) is 2.81. The van der Waals surface area contributed by atoms with E-state index in [9.17, 15) is 9.59 Å². The standard InChI is InChI=1S/C24H24N2O5/c1-14-9-10-16(11-20(14)25-15(2)27)18-7-6-8-19(26-18)23(28)17-12-21(29-3)24(31-5)22(13-17)30-4/h6-13H,1-5H3,(H,25,27). The zero-order valence-electron chi connectivity index (χ0n) is 18.1. The number of methoxy groups -OCH3 is 3. The van der Waals surface area contributed by atoms with Crippen molar-refractivity contribution in [2.24, 2.45) is 0 Å². The average Bonchev–Trinajstić information content (AvgIpc) is 2.78. The molecule has 0 fully saturated rings. The van der Waals surface area contributed by atoms with E-state index in [4.69, 9.17) is 14.2 Å². The molecular weight excluding hydrogens is 396 g/mol. The van der Waals surface area contributed by atoms with Gasteiger partial charge in [-0.05, 0) is 42.8 Å². The van der Waals surface area contributed by atoms with Gasteiger partial charge in [0.15, 0.2) is 11.5 Å². The number of nitrogens with one attached hydrogen (secondary N) is 1. The van der Waals surface area contributed by atoms with E-state index in [1.807, 2.05) is 31.2 Å². The molecule has 1 heterocycles. The van der Waals surface area contributed by atoms with E-state index in [-0.39, 0.29) is 17.4 Å². The lowest BCUT2D eigenvalue weighted by Gasteiger charge is -2.14. The fourth-order valence-corrected chi connectivity index (χ4v) is 3.19. The average molecular weight is 420 g/mol. The summed E-state index contributed by atoms with van der Waals surface area (Å²) in [6.07, 6.45) is 0. The number of benzene rings is 2. The lowest BCUT2D eigenvalue weighted by Crippen LogP contribution is -2.08. The first-order chi connectivity index (χ1) is 14.9. The first-order valence-corrected chi connectivity index (χ1v) is 9.58. The molecule has 0 saturated heterocycles. The molecule has 0 radical (unpaired) electrons. The highest BCUT2D eigenvalue weighted by Crippen LogP contribution is 2.38. The Morgan fingerprint density at radius 1 is 0.903 bits per heavy atom. The third kappa shape index (κ3) is 4.66.